The first-order valence-corrected chi connectivity index (χ1v) is 7.35. The molecule has 0 saturated heterocycles. The van der Waals surface area contributed by atoms with Crippen LogP contribution in [0.2, 0.25) is 0 Å². The molecule has 1 aromatic heterocycles. The van der Waals surface area contributed by atoms with E-state index < -0.39 is 0 Å². The van der Waals surface area contributed by atoms with Crippen LogP contribution in [-0.4, -0.2) is 15.2 Å². The molecule has 2 N–H and O–H groups in total. The molecular formula is C15H15FN4S. The van der Waals surface area contributed by atoms with Gasteiger partial charge in [-0.25, -0.2) is 14.4 Å². The number of rotatable bonds is 4. The van der Waals surface area contributed by atoms with Crippen LogP contribution >= 0.6 is 11.8 Å². The van der Waals surface area contributed by atoms with Gasteiger partial charge in [0.25, 0.3) is 0 Å². The first-order valence-electron chi connectivity index (χ1n) is 6.47. The number of nitrogens with zero attached hydrogens (tertiary/aromatic N) is 3. The minimum Gasteiger partial charge on any atom is -0.382 e. The van der Waals surface area contributed by atoms with Gasteiger partial charge in [-0.1, -0.05) is 37.7 Å². The van der Waals surface area contributed by atoms with Crippen LogP contribution in [0.5, 0.6) is 0 Å². The fraction of sp³-hybridized carbons (Fsp3) is 0.267. The van der Waals surface area contributed by atoms with Crippen LogP contribution in [0.15, 0.2) is 29.4 Å². The van der Waals surface area contributed by atoms with E-state index in [0.29, 0.717) is 22.5 Å². The molecular weight excluding hydrogens is 287 g/mol. The van der Waals surface area contributed by atoms with Crippen molar-refractivity contribution in [2.45, 2.75) is 30.7 Å². The summed E-state index contributed by atoms with van der Waals surface area (Å²) < 4.78 is 12.9. The summed E-state index contributed by atoms with van der Waals surface area (Å²) >= 11 is 1.49. The summed E-state index contributed by atoms with van der Waals surface area (Å²) in [5.74, 6) is -0.106. The van der Waals surface area contributed by atoms with Crippen molar-refractivity contribution in [1.82, 2.24) is 9.97 Å². The molecule has 1 heterocycles. The molecule has 4 nitrogen and oxygen atoms in total. The number of thioether (sulfide) groups is 1. The molecule has 0 aliphatic carbocycles. The normalized spacial score (nSPS) is 10.6. The van der Waals surface area contributed by atoms with Crippen molar-refractivity contribution in [2.24, 2.45) is 0 Å². The third kappa shape index (κ3) is 3.92. The predicted molar refractivity (Wildman–Crippen MR) is 81.4 cm³/mol. The monoisotopic (exact) mass is 302 g/mol. The minimum atomic E-state index is -0.294. The summed E-state index contributed by atoms with van der Waals surface area (Å²) in [5, 5.41) is 10.1. The molecule has 1 aromatic carbocycles. The topological polar surface area (TPSA) is 75.6 Å². The summed E-state index contributed by atoms with van der Waals surface area (Å²) in [6.07, 6.45) is 0.418. The first kappa shape index (κ1) is 15.3. The molecule has 108 valence electrons. The highest BCUT2D eigenvalue weighted by atomic mass is 32.2. The Labute approximate surface area is 127 Å². The van der Waals surface area contributed by atoms with Crippen molar-refractivity contribution < 1.29 is 4.39 Å². The van der Waals surface area contributed by atoms with E-state index in [0.717, 1.165) is 5.56 Å². The SMILES string of the molecule is CC(C)Sc1nc(N)c(C#N)c(Cc2ccc(F)cc2)n1. The van der Waals surface area contributed by atoms with Crippen molar-refractivity contribution in [3.05, 3.63) is 46.9 Å². The van der Waals surface area contributed by atoms with Crippen molar-refractivity contribution in [2.75, 3.05) is 5.73 Å². The van der Waals surface area contributed by atoms with Crippen LogP contribution in [0.3, 0.4) is 0 Å². The quantitative estimate of drug-likeness (QED) is 0.693. The van der Waals surface area contributed by atoms with E-state index in [-0.39, 0.29) is 17.2 Å². The Morgan fingerprint density at radius 3 is 2.52 bits per heavy atom. The summed E-state index contributed by atoms with van der Waals surface area (Å²) in [4.78, 5) is 8.57. The molecule has 0 bridgehead atoms. The fourth-order valence-electron chi connectivity index (χ4n) is 1.81. The smallest absolute Gasteiger partial charge is 0.190 e. The molecule has 0 fully saturated rings. The average Bonchev–Trinajstić information content (AvgIpc) is 2.40. The molecule has 0 unspecified atom stereocenters. The van der Waals surface area contributed by atoms with Gasteiger partial charge in [-0.15, -0.1) is 0 Å². The van der Waals surface area contributed by atoms with Crippen LogP contribution in [0.25, 0.3) is 0 Å². The van der Waals surface area contributed by atoms with Crippen molar-refractivity contribution in [1.29, 1.82) is 5.26 Å². The largest absolute Gasteiger partial charge is 0.382 e. The van der Waals surface area contributed by atoms with Gasteiger partial charge in [0.15, 0.2) is 5.16 Å². The number of nitrogens with two attached hydrogens (primary N) is 1. The van der Waals surface area contributed by atoms with Gasteiger partial charge in [0, 0.05) is 11.7 Å². The van der Waals surface area contributed by atoms with Gasteiger partial charge in [-0.05, 0) is 17.7 Å². The van der Waals surface area contributed by atoms with Crippen LogP contribution in [0.4, 0.5) is 10.2 Å². The van der Waals surface area contributed by atoms with Gasteiger partial charge < -0.3 is 5.73 Å². The van der Waals surface area contributed by atoms with Crippen LogP contribution in [0.1, 0.15) is 30.7 Å². The maximum Gasteiger partial charge on any atom is 0.190 e. The lowest BCUT2D eigenvalue weighted by atomic mass is 10.1. The molecule has 0 aliphatic rings. The molecule has 0 saturated carbocycles. The molecule has 2 aromatic rings. The number of benzene rings is 1. The van der Waals surface area contributed by atoms with E-state index in [4.69, 9.17) is 5.73 Å². The number of aromatic nitrogens is 2. The van der Waals surface area contributed by atoms with Gasteiger partial charge >= 0.3 is 0 Å². The molecule has 0 atom stereocenters. The third-order valence-electron chi connectivity index (χ3n) is 2.73. The molecule has 2 rings (SSSR count). The summed E-state index contributed by atoms with van der Waals surface area (Å²) in [6.45, 7) is 4.06. The second kappa shape index (κ2) is 6.55. The molecule has 21 heavy (non-hydrogen) atoms. The van der Waals surface area contributed by atoms with Crippen molar-refractivity contribution in [3.63, 3.8) is 0 Å². The van der Waals surface area contributed by atoms with Gasteiger partial charge in [0.2, 0.25) is 0 Å². The number of anilines is 1. The third-order valence-corrected chi connectivity index (χ3v) is 3.59. The number of hydrogen-bond donors (Lipinski definition) is 1. The molecule has 0 aliphatic heterocycles. The van der Waals surface area contributed by atoms with Crippen molar-refractivity contribution >= 4 is 17.6 Å². The van der Waals surface area contributed by atoms with Gasteiger partial charge in [0.05, 0.1) is 5.69 Å². The van der Waals surface area contributed by atoms with Crippen LogP contribution < -0.4 is 5.73 Å². The zero-order valence-corrected chi connectivity index (χ0v) is 12.6. The zero-order valence-electron chi connectivity index (χ0n) is 11.8. The van der Waals surface area contributed by atoms with E-state index in [9.17, 15) is 9.65 Å². The number of nitrogen functional groups attached to an aromatic ring is 1. The summed E-state index contributed by atoms with van der Waals surface area (Å²) in [5.41, 5.74) is 7.56. The minimum absolute atomic E-state index is 0.188. The molecule has 0 spiro atoms. The van der Waals surface area contributed by atoms with E-state index in [1.165, 1.54) is 23.9 Å². The Morgan fingerprint density at radius 1 is 1.29 bits per heavy atom. The summed E-state index contributed by atoms with van der Waals surface area (Å²) in [7, 11) is 0. The lowest BCUT2D eigenvalue weighted by molar-refractivity contribution is 0.627. The Balaban J connectivity index is 2.38. The van der Waals surface area contributed by atoms with E-state index >= 15 is 0 Å². The van der Waals surface area contributed by atoms with Gasteiger partial charge in [-0.2, -0.15) is 5.26 Å². The van der Waals surface area contributed by atoms with Gasteiger partial charge in [0.1, 0.15) is 23.3 Å². The van der Waals surface area contributed by atoms with Crippen molar-refractivity contribution in [3.8, 4) is 6.07 Å². The molecule has 6 heteroatoms. The van der Waals surface area contributed by atoms with Crippen LogP contribution in [0, 0.1) is 17.1 Å². The first-order chi connectivity index (χ1) is 9.99. The number of nitriles is 1. The Morgan fingerprint density at radius 2 is 1.95 bits per heavy atom. The lowest BCUT2D eigenvalue weighted by Crippen LogP contribution is -2.07. The standard InChI is InChI=1S/C15H15FN4S/c1-9(2)21-15-19-13(12(8-17)14(18)20-15)7-10-3-5-11(16)6-4-10/h3-6,9H,7H2,1-2H3,(H2,18,19,20). The predicted octanol–water partition coefficient (Wildman–Crippen LogP) is 3.16. The Kier molecular flexibility index (Phi) is 4.76. The summed E-state index contributed by atoms with van der Waals surface area (Å²) in [6, 6.07) is 8.15. The average molecular weight is 302 g/mol. The van der Waals surface area contributed by atoms with E-state index in [1.54, 1.807) is 12.1 Å². The van der Waals surface area contributed by atoms with Gasteiger partial charge in [-0.3, -0.25) is 0 Å². The maximum atomic E-state index is 12.9. The van der Waals surface area contributed by atoms with E-state index in [1.807, 2.05) is 19.9 Å². The van der Waals surface area contributed by atoms with Crippen LogP contribution in [-0.2, 0) is 6.42 Å². The molecule has 0 radical (unpaired) electrons. The highest BCUT2D eigenvalue weighted by Gasteiger charge is 2.14. The highest BCUT2D eigenvalue weighted by molar-refractivity contribution is 7.99. The fourth-order valence-corrected chi connectivity index (χ4v) is 2.55. The second-order valence-electron chi connectivity index (χ2n) is 4.79. The Bertz CT molecular complexity index is 677. The lowest BCUT2D eigenvalue weighted by Gasteiger charge is -2.09. The number of halogens is 1. The zero-order chi connectivity index (χ0) is 15.4. The van der Waals surface area contributed by atoms with E-state index in [2.05, 4.69) is 9.97 Å². The highest BCUT2D eigenvalue weighted by Crippen LogP contribution is 2.24. The molecule has 0 amide bonds. The maximum absolute atomic E-state index is 12.9. The Hall–Kier alpha value is -2.13. The second-order valence-corrected chi connectivity index (χ2v) is 6.34. The number of hydrogen-bond acceptors (Lipinski definition) is 5.